The summed E-state index contributed by atoms with van der Waals surface area (Å²) >= 11 is 0. The molecular formula is C41H47N5O5. The molecule has 0 saturated carbocycles. The first-order valence-corrected chi connectivity index (χ1v) is 17.6. The van der Waals surface area contributed by atoms with Crippen LogP contribution in [-0.4, -0.2) is 81.6 Å². The largest absolute Gasteiger partial charge is 0.444 e. The second-order valence-corrected chi connectivity index (χ2v) is 14.6. The number of ether oxygens (including phenoxy) is 1. The highest BCUT2D eigenvalue weighted by atomic mass is 16.6. The smallest absolute Gasteiger partial charge is 0.410 e. The van der Waals surface area contributed by atoms with E-state index in [-0.39, 0.29) is 23.8 Å². The molecule has 0 bridgehead atoms. The van der Waals surface area contributed by atoms with Crippen molar-refractivity contribution in [2.75, 3.05) is 27.2 Å². The number of carbonyl (C=O) groups is 3. The molecule has 0 aliphatic carbocycles. The molecule has 1 fully saturated rings. The third-order valence-corrected chi connectivity index (χ3v) is 9.73. The molecule has 3 amide bonds. The first kappa shape index (κ1) is 35.6. The number of amides is 3. The lowest BCUT2D eigenvalue weighted by Gasteiger charge is -2.37. The van der Waals surface area contributed by atoms with Crippen molar-refractivity contribution in [3.05, 3.63) is 108 Å². The van der Waals surface area contributed by atoms with Gasteiger partial charge in [-0.25, -0.2) is 4.79 Å². The topological polar surface area (TPSA) is 109 Å². The summed E-state index contributed by atoms with van der Waals surface area (Å²) in [5.74, 6) is 0.132. The van der Waals surface area contributed by atoms with Crippen LogP contribution in [0.2, 0.25) is 0 Å². The maximum Gasteiger partial charge on any atom is 0.410 e. The number of aryl methyl sites for hydroxylation is 1. The van der Waals surface area contributed by atoms with Gasteiger partial charge in [0.05, 0.1) is 0 Å². The minimum Gasteiger partial charge on any atom is -0.444 e. The molecule has 4 aromatic carbocycles. The fourth-order valence-corrected chi connectivity index (χ4v) is 6.87. The Balaban J connectivity index is 1.28. The Morgan fingerprint density at radius 2 is 1.37 bits per heavy atom. The molecule has 2 heterocycles. The Bertz CT molecular complexity index is 2030. The number of piperidine rings is 1. The van der Waals surface area contributed by atoms with Crippen molar-refractivity contribution in [1.29, 1.82) is 0 Å². The minimum absolute atomic E-state index is 0.119. The Morgan fingerprint density at radius 3 is 1.90 bits per heavy atom. The van der Waals surface area contributed by atoms with E-state index >= 15 is 0 Å². The van der Waals surface area contributed by atoms with Gasteiger partial charge in [0.1, 0.15) is 17.7 Å². The van der Waals surface area contributed by atoms with Crippen molar-refractivity contribution >= 4 is 39.5 Å². The monoisotopic (exact) mass is 689 g/mol. The minimum atomic E-state index is -0.810. The van der Waals surface area contributed by atoms with Gasteiger partial charge < -0.3 is 24.0 Å². The van der Waals surface area contributed by atoms with E-state index in [0.29, 0.717) is 50.5 Å². The number of nitrogens with zero attached hydrogens (tertiary/aromatic N) is 5. The van der Waals surface area contributed by atoms with Crippen LogP contribution in [0.1, 0.15) is 62.5 Å². The number of likely N-dealkylation sites (tertiary alicyclic amines) is 1. The summed E-state index contributed by atoms with van der Waals surface area (Å²) < 4.78 is 11.2. The molecule has 1 saturated heterocycles. The van der Waals surface area contributed by atoms with Gasteiger partial charge in [-0.05, 0) is 73.2 Å². The van der Waals surface area contributed by atoms with Crippen LogP contribution in [0.25, 0.3) is 21.5 Å². The maximum atomic E-state index is 14.8. The van der Waals surface area contributed by atoms with Crippen LogP contribution in [0, 0.1) is 12.8 Å². The lowest BCUT2D eigenvalue weighted by molar-refractivity contribution is -0.148. The third-order valence-electron chi connectivity index (χ3n) is 9.73. The zero-order valence-electron chi connectivity index (χ0n) is 30.3. The first-order valence-electron chi connectivity index (χ1n) is 17.6. The van der Waals surface area contributed by atoms with E-state index < -0.39 is 17.7 Å². The molecule has 1 aromatic heterocycles. The van der Waals surface area contributed by atoms with Crippen LogP contribution in [0.3, 0.4) is 0 Å². The number of aromatic nitrogens is 2. The summed E-state index contributed by atoms with van der Waals surface area (Å²) in [6, 6.07) is 27.3. The molecule has 1 unspecified atom stereocenters. The normalized spacial score (nSPS) is 15.1. The summed E-state index contributed by atoms with van der Waals surface area (Å²) in [5.41, 5.74) is 1.36. The van der Waals surface area contributed by atoms with Gasteiger partial charge in [-0.15, -0.1) is 0 Å². The summed E-state index contributed by atoms with van der Waals surface area (Å²) in [7, 11) is 3.47. The van der Waals surface area contributed by atoms with Gasteiger partial charge in [0.25, 0.3) is 0 Å². The van der Waals surface area contributed by atoms with Crippen LogP contribution in [0.15, 0.2) is 89.5 Å². The molecule has 10 heteroatoms. The quantitative estimate of drug-likeness (QED) is 0.162. The van der Waals surface area contributed by atoms with Crippen molar-refractivity contribution in [2.45, 2.75) is 71.1 Å². The van der Waals surface area contributed by atoms with Crippen molar-refractivity contribution in [3.8, 4) is 0 Å². The van der Waals surface area contributed by atoms with E-state index in [1.165, 1.54) is 0 Å². The number of carbonyl (C=O) groups excluding carboxylic acids is 3. The van der Waals surface area contributed by atoms with E-state index in [0.717, 1.165) is 32.7 Å². The van der Waals surface area contributed by atoms with Gasteiger partial charge in [0.15, 0.2) is 5.82 Å². The number of likely N-dealkylation sites (N-methyl/N-ethyl adjacent to an activating group) is 2. The second-order valence-electron chi connectivity index (χ2n) is 14.6. The van der Waals surface area contributed by atoms with Gasteiger partial charge in [-0.1, -0.05) is 90.1 Å². The average Bonchev–Trinajstić information content (AvgIpc) is 3.56. The Kier molecular flexibility index (Phi) is 10.4. The molecule has 5 aromatic rings. The third kappa shape index (κ3) is 8.39. The zero-order valence-corrected chi connectivity index (χ0v) is 30.3. The molecule has 266 valence electrons. The fourth-order valence-electron chi connectivity index (χ4n) is 6.87. The predicted octanol–water partition coefficient (Wildman–Crippen LogP) is 7.14. The van der Waals surface area contributed by atoms with Gasteiger partial charge in [-0.3, -0.25) is 9.59 Å². The Labute approximate surface area is 299 Å². The summed E-state index contributed by atoms with van der Waals surface area (Å²) in [6.07, 6.45) is 1.36. The molecule has 1 aliphatic rings. The molecule has 0 spiro atoms. The van der Waals surface area contributed by atoms with E-state index in [4.69, 9.17) is 9.26 Å². The molecular weight excluding hydrogens is 642 g/mol. The highest BCUT2D eigenvalue weighted by Crippen LogP contribution is 2.29. The van der Waals surface area contributed by atoms with Crippen LogP contribution >= 0.6 is 0 Å². The molecule has 6 rings (SSSR count). The van der Waals surface area contributed by atoms with Crippen molar-refractivity contribution < 1.29 is 23.6 Å². The van der Waals surface area contributed by atoms with E-state index in [2.05, 4.69) is 52.6 Å². The zero-order chi connectivity index (χ0) is 36.3. The predicted molar refractivity (Wildman–Crippen MR) is 197 cm³/mol. The van der Waals surface area contributed by atoms with Crippen LogP contribution in [-0.2, 0) is 27.2 Å². The average molecular weight is 690 g/mol. The van der Waals surface area contributed by atoms with E-state index in [1.54, 1.807) is 35.7 Å². The van der Waals surface area contributed by atoms with Gasteiger partial charge in [-0.2, -0.15) is 4.98 Å². The Morgan fingerprint density at radius 1 is 0.824 bits per heavy atom. The van der Waals surface area contributed by atoms with Gasteiger partial charge >= 0.3 is 6.09 Å². The van der Waals surface area contributed by atoms with E-state index in [9.17, 15) is 14.4 Å². The lowest BCUT2D eigenvalue weighted by Crippen LogP contribution is -2.53. The van der Waals surface area contributed by atoms with Gasteiger partial charge in [0.2, 0.25) is 17.7 Å². The van der Waals surface area contributed by atoms with Crippen molar-refractivity contribution in [1.82, 2.24) is 24.8 Å². The number of fused-ring (bicyclic) bond motifs is 2. The molecule has 1 aliphatic heterocycles. The maximum absolute atomic E-state index is 14.8. The number of benzene rings is 4. The number of hydrogen-bond donors (Lipinski definition) is 0. The lowest BCUT2D eigenvalue weighted by atomic mass is 9.93. The van der Waals surface area contributed by atoms with Crippen LogP contribution < -0.4 is 0 Å². The highest BCUT2D eigenvalue weighted by molar-refractivity contribution is 5.90. The fraction of sp³-hybridized carbons (Fsp3) is 0.390. The molecule has 10 nitrogen and oxygen atoms in total. The summed E-state index contributed by atoms with van der Waals surface area (Å²) in [5, 5.41) is 8.44. The SMILES string of the molecule is Cc1noc([C@@H](Cc2ccc3ccccc3c2)N(C)C(=O)C(Cc2ccc3ccccc3c2)N(C)C(=O)C2CCN(C(=O)OC(C)(C)C)CC2)n1. The first-order chi connectivity index (χ1) is 24.4. The van der Waals surface area contributed by atoms with Crippen molar-refractivity contribution in [2.24, 2.45) is 5.92 Å². The van der Waals surface area contributed by atoms with Crippen LogP contribution in [0.4, 0.5) is 4.79 Å². The highest BCUT2D eigenvalue weighted by Gasteiger charge is 2.38. The number of hydrogen-bond acceptors (Lipinski definition) is 7. The van der Waals surface area contributed by atoms with E-state index in [1.807, 2.05) is 63.2 Å². The van der Waals surface area contributed by atoms with Crippen molar-refractivity contribution in [3.63, 3.8) is 0 Å². The molecule has 0 N–H and O–H groups in total. The Hall–Kier alpha value is -5.25. The number of rotatable bonds is 9. The summed E-state index contributed by atoms with van der Waals surface area (Å²) in [4.78, 5) is 51.2. The molecule has 51 heavy (non-hydrogen) atoms. The van der Waals surface area contributed by atoms with Gasteiger partial charge in [0, 0.05) is 45.9 Å². The second kappa shape index (κ2) is 14.9. The molecule has 0 radical (unpaired) electrons. The standard InChI is InChI=1S/C41H47N5O5/c1-27-42-37(51-43-27)35(25-28-15-17-30-11-7-9-13-33(30)23-28)44(5)39(48)36(26-29-16-18-31-12-8-10-14-34(31)24-29)45(6)38(47)32-19-21-46(22-20-32)40(49)50-41(2,3)4/h7-18,23-24,32,35-36H,19-22,25-26H2,1-6H3/t35-,36?/m1/s1. The van der Waals surface area contributed by atoms with Crippen LogP contribution in [0.5, 0.6) is 0 Å². The molecule has 2 atom stereocenters. The summed E-state index contributed by atoms with van der Waals surface area (Å²) in [6.45, 7) is 8.09.